The molecule has 1 aliphatic carbocycles. The largest absolute Gasteiger partial charge is 0.380 e. The van der Waals surface area contributed by atoms with E-state index >= 15 is 0 Å². The number of nitrogens with one attached hydrogen (secondary N) is 1. The number of hydrogen-bond acceptors (Lipinski definition) is 4. The minimum Gasteiger partial charge on any atom is -0.380 e. The van der Waals surface area contributed by atoms with E-state index in [2.05, 4.69) is 42.6 Å². The summed E-state index contributed by atoms with van der Waals surface area (Å²) >= 11 is 0. The lowest BCUT2D eigenvalue weighted by molar-refractivity contribution is -0.145. The van der Waals surface area contributed by atoms with Gasteiger partial charge in [-0.3, -0.25) is 9.59 Å². The van der Waals surface area contributed by atoms with E-state index in [0.29, 0.717) is 19.5 Å². The molecule has 2 aliphatic rings. The second kappa shape index (κ2) is 10.7. The molecule has 2 aromatic carbocycles. The minimum absolute atomic E-state index is 0.0193. The number of amides is 2. The van der Waals surface area contributed by atoms with Crippen molar-refractivity contribution in [3.63, 3.8) is 0 Å². The maximum atomic E-state index is 13.7. The van der Waals surface area contributed by atoms with Crippen molar-refractivity contribution >= 4 is 17.5 Å². The molecule has 2 amide bonds. The van der Waals surface area contributed by atoms with Crippen LogP contribution in [0, 0.1) is 12.8 Å². The number of anilines is 1. The Labute approximate surface area is 202 Å². The molecule has 0 bridgehead atoms. The van der Waals surface area contributed by atoms with E-state index in [4.69, 9.17) is 5.73 Å². The Hall–Kier alpha value is -2.70. The minimum atomic E-state index is -1.52. The standard InChI is InChI=1S/C28H37N3O3/c1-20-11-13-21(14-12-20)19-31-25-10-6-5-7-22(25)15-16-24(26(31)32)30-18-17-28(34,27(29)33)23-8-3-2-4-9-23/h5-7,10-14,23-24,30,34H,2-4,8-9,15-19H2,1H3,(H2,29,33). The van der Waals surface area contributed by atoms with E-state index in [-0.39, 0.29) is 24.3 Å². The maximum Gasteiger partial charge on any atom is 0.249 e. The van der Waals surface area contributed by atoms with E-state index in [1.54, 1.807) is 0 Å². The first-order valence-corrected chi connectivity index (χ1v) is 12.6. The lowest BCUT2D eigenvalue weighted by atomic mass is 9.74. The van der Waals surface area contributed by atoms with Gasteiger partial charge in [0.15, 0.2) is 0 Å². The van der Waals surface area contributed by atoms with Crippen LogP contribution in [0.4, 0.5) is 5.69 Å². The van der Waals surface area contributed by atoms with Crippen LogP contribution in [-0.2, 0) is 22.6 Å². The summed E-state index contributed by atoms with van der Waals surface area (Å²) in [6, 6.07) is 16.0. The Bertz CT molecular complexity index is 1000. The van der Waals surface area contributed by atoms with E-state index in [9.17, 15) is 14.7 Å². The van der Waals surface area contributed by atoms with Crippen molar-refractivity contribution < 1.29 is 14.7 Å². The first-order chi connectivity index (χ1) is 16.4. The van der Waals surface area contributed by atoms with Crippen LogP contribution in [0.15, 0.2) is 48.5 Å². The number of carbonyl (C=O) groups is 2. The van der Waals surface area contributed by atoms with Gasteiger partial charge in [0.05, 0.1) is 12.6 Å². The average Bonchev–Trinajstić information content (AvgIpc) is 2.98. The Morgan fingerprint density at radius 2 is 1.79 bits per heavy atom. The summed E-state index contributed by atoms with van der Waals surface area (Å²) in [6.07, 6.45) is 6.48. The molecule has 0 saturated heterocycles. The van der Waals surface area contributed by atoms with Gasteiger partial charge in [0.2, 0.25) is 11.8 Å². The van der Waals surface area contributed by atoms with Gasteiger partial charge in [-0.15, -0.1) is 0 Å². The van der Waals surface area contributed by atoms with Gasteiger partial charge in [0.1, 0.15) is 5.60 Å². The molecule has 2 unspecified atom stereocenters. The van der Waals surface area contributed by atoms with Gasteiger partial charge in [-0.25, -0.2) is 0 Å². The molecule has 2 atom stereocenters. The second-order valence-electron chi connectivity index (χ2n) is 9.96. The van der Waals surface area contributed by atoms with Crippen LogP contribution < -0.4 is 16.0 Å². The molecule has 1 heterocycles. The van der Waals surface area contributed by atoms with Crippen molar-refractivity contribution in [2.75, 3.05) is 11.4 Å². The summed E-state index contributed by atoms with van der Waals surface area (Å²) in [5, 5.41) is 14.5. The van der Waals surface area contributed by atoms with Crippen molar-refractivity contribution in [3.05, 3.63) is 65.2 Å². The number of aliphatic hydroxyl groups is 1. The molecular weight excluding hydrogens is 426 g/mol. The molecule has 1 saturated carbocycles. The number of benzene rings is 2. The molecule has 4 N–H and O–H groups in total. The highest BCUT2D eigenvalue weighted by Crippen LogP contribution is 2.35. The Morgan fingerprint density at radius 1 is 1.09 bits per heavy atom. The van der Waals surface area contributed by atoms with Gasteiger partial charge < -0.3 is 21.1 Å². The lowest BCUT2D eigenvalue weighted by Crippen LogP contribution is -2.53. The summed E-state index contributed by atoms with van der Waals surface area (Å²) < 4.78 is 0. The second-order valence-corrected chi connectivity index (χ2v) is 9.96. The van der Waals surface area contributed by atoms with Crippen LogP contribution in [-0.4, -0.2) is 35.1 Å². The fraction of sp³-hybridized carbons (Fsp3) is 0.500. The zero-order valence-corrected chi connectivity index (χ0v) is 20.1. The van der Waals surface area contributed by atoms with Gasteiger partial charge in [-0.1, -0.05) is 67.3 Å². The topological polar surface area (TPSA) is 95.7 Å². The first kappa shape index (κ1) is 24.4. The van der Waals surface area contributed by atoms with Gasteiger partial charge in [0.25, 0.3) is 0 Å². The zero-order chi connectivity index (χ0) is 24.1. The smallest absolute Gasteiger partial charge is 0.249 e. The van der Waals surface area contributed by atoms with Gasteiger partial charge >= 0.3 is 0 Å². The number of carbonyl (C=O) groups excluding carboxylic acids is 2. The van der Waals surface area contributed by atoms with Crippen LogP contribution in [0.3, 0.4) is 0 Å². The number of aryl methyl sites for hydroxylation is 2. The molecule has 1 fully saturated rings. The molecule has 0 aromatic heterocycles. The highest BCUT2D eigenvalue weighted by Gasteiger charge is 2.42. The van der Waals surface area contributed by atoms with E-state index < -0.39 is 11.5 Å². The quantitative estimate of drug-likeness (QED) is 0.557. The highest BCUT2D eigenvalue weighted by atomic mass is 16.3. The number of rotatable bonds is 8. The fourth-order valence-corrected chi connectivity index (χ4v) is 5.49. The molecule has 182 valence electrons. The lowest BCUT2D eigenvalue weighted by Gasteiger charge is -2.36. The van der Waals surface area contributed by atoms with E-state index in [1.807, 2.05) is 23.1 Å². The highest BCUT2D eigenvalue weighted by molar-refractivity contribution is 5.98. The van der Waals surface area contributed by atoms with Crippen LogP contribution in [0.25, 0.3) is 0 Å². The first-order valence-electron chi connectivity index (χ1n) is 12.6. The molecule has 6 nitrogen and oxygen atoms in total. The predicted molar refractivity (Wildman–Crippen MR) is 134 cm³/mol. The zero-order valence-electron chi connectivity index (χ0n) is 20.1. The van der Waals surface area contributed by atoms with Crippen molar-refractivity contribution in [2.45, 2.75) is 76.5 Å². The monoisotopic (exact) mass is 463 g/mol. The normalized spacial score (nSPS) is 20.9. The average molecular weight is 464 g/mol. The summed E-state index contributed by atoms with van der Waals surface area (Å²) in [5.41, 5.74) is 8.51. The molecule has 1 aliphatic heterocycles. The molecule has 6 heteroatoms. The maximum absolute atomic E-state index is 13.7. The van der Waals surface area contributed by atoms with Crippen molar-refractivity contribution in [1.29, 1.82) is 0 Å². The van der Waals surface area contributed by atoms with Crippen molar-refractivity contribution in [3.8, 4) is 0 Å². The number of fused-ring (bicyclic) bond motifs is 1. The third-order valence-corrected chi connectivity index (χ3v) is 7.61. The van der Waals surface area contributed by atoms with Gasteiger partial charge in [-0.05, 0) is 68.7 Å². The molecule has 0 radical (unpaired) electrons. The van der Waals surface area contributed by atoms with Crippen LogP contribution in [0.1, 0.15) is 61.6 Å². The number of hydrogen-bond donors (Lipinski definition) is 3. The number of primary amides is 1. The van der Waals surface area contributed by atoms with Crippen molar-refractivity contribution in [2.24, 2.45) is 11.7 Å². The van der Waals surface area contributed by atoms with Crippen LogP contribution in [0.2, 0.25) is 0 Å². The third-order valence-electron chi connectivity index (χ3n) is 7.61. The fourth-order valence-electron chi connectivity index (χ4n) is 5.49. The summed E-state index contributed by atoms with van der Waals surface area (Å²) in [7, 11) is 0. The molecule has 4 rings (SSSR count). The van der Waals surface area contributed by atoms with E-state index in [1.165, 1.54) is 5.56 Å². The number of nitrogens with zero attached hydrogens (tertiary/aromatic N) is 1. The Kier molecular flexibility index (Phi) is 7.69. The molecular formula is C28H37N3O3. The van der Waals surface area contributed by atoms with Crippen molar-refractivity contribution in [1.82, 2.24) is 5.32 Å². The molecule has 2 aromatic rings. The van der Waals surface area contributed by atoms with Gasteiger partial charge in [0, 0.05) is 5.69 Å². The Balaban J connectivity index is 1.48. The van der Waals surface area contributed by atoms with Crippen LogP contribution in [0.5, 0.6) is 0 Å². The SMILES string of the molecule is Cc1ccc(CN2C(=O)C(NCCC(O)(C(N)=O)C3CCCCC3)CCc3ccccc32)cc1. The van der Waals surface area contributed by atoms with E-state index in [0.717, 1.165) is 55.3 Å². The third kappa shape index (κ3) is 5.34. The van der Waals surface area contributed by atoms with Gasteiger partial charge in [-0.2, -0.15) is 0 Å². The van der Waals surface area contributed by atoms with Crippen LogP contribution >= 0.6 is 0 Å². The summed E-state index contributed by atoms with van der Waals surface area (Å²) in [4.78, 5) is 27.8. The molecule has 0 spiro atoms. The predicted octanol–water partition coefficient (Wildman–Crippen LogP) is 3.62. The number of nitrogens with two attached hydrogens (primary N) is 1. The number of para-hydroxylation sites is 1. The summed E-state index contributed by atoms with van der Waals surface area (Å²) in [6.45, 7) is 2.92. The molecule has 34 heavy (non-hydrogen) atoms. The Morgan fingerprint density at radius 3 is 2.50 bits per heavy atom. The summed E-state index contributed by atoms with van der Waals surface area (Å²) in [5.74, 6) is -0.736.